The molecule has 2 heterocycles. The topological polar surface area (TPSA) is 81.9 Å². The summed E-state index contributed by atoms with van der Waals surface area (Å²) in [5.74, 6) is 0.0684. The normalized spacial score (nSPS) is 23.4. The largest absolute Gasteiger partial charge is 0.465 e. The SMILES string of the molecule is COC(=O)[C@@H]1C[C@H](O)C[NH+]1Cn1nc(-c2cccc(Br)c2)oc1=S. The summed E-state index contributed by atoms with van der Waals surface area (Å²) in [5.41, 5.74) is 0.801. The number of methoxy groups -OCH3 is 1. The number of nitrogens with one attached hydrogen (secondary N) is 1. The Hall–Kier alpha value is -1.55. The zero-order valence-electron chi connectivity index (χ0n) is 12.9. The molecule has 0 bridgehead atoms. The maximum absolute atomic E-state index is 11.9. The molecular formula is C15H17BrN3O4S+. The van der Waals surface area contributed by atoms with E-state index >= 15 is 0 Å². The van der Waals surface area contributed by atoms with E-state index in [0.717, 1.165) is 14.9 Å². The van der Waals surface area contributed by atoms with E-state index in [-0.39, 0.29) is 10.8 Å². The number of halogens is 1. The quantitative estimate of drug-likeness (QED) is 0.568. The van der Waals surface area contributed by atoms with Gasteiger partial charge in [0.25, 0.3) is 4.84 Å². The zero-order valence-corrected chi connectivity index (χ0v) is 15.3. The number of rotatable bonds is 4. The molecule has 9 heteroatoms. The highest BCUT2D eigenvalue weighted by molar-refractivity contribution is 9.10. The molecule has 2 aromatic rings. The number of aliphatic hydroxyl groups excluding tert-OH is 1. The molecule has 128 valence electrons. The van der Waals surface area contributed by atoms with Gasteiger partial charge in [-0.05, 0) is 30.4 Å². The number of aromatic nitrogens is 2. The third-order valence-corrected chi connectivity index (χ3v) is 4.80. The third-order valence-electron chi connectivity index (χ3n) is 4.01. The van der Waals surface area contributed by atoms with Crippen LogP contribution in [0.15, 0.2) is 33.2 Å². The second-order valence-electron chi connectivity index (χ2n) is 5.67. The molecular weight excluding hydrogens is 398 g/mol. The minimum atomic E-state index is -0.547. The number of likely N-dealkylation sites (tertiary alicyclic amines) is 1. The van der Waals surface area contributed by atoms with Crippen molar-refractivity contribution < 1.29 is 24.0 Å². The first-order valence-electron chi connectivity index (χ1n) is 7.42. The standard InChI is InChI=1S/C15H16BrN3O4S/c1-22-14(21)12-6-11(20)7-18(12)8-19-15(24)23-13(17-19)9-3-2-4-10(16)5-9/h2-5,11-12,20H,6-8H2,1H3/p+1/t11-,12-/m0/s1. The van der Waals surface area contributed by atoms with Crippen LogP contribution in [0.1, 0.15) is 6.42 Å². The van der Waals surface area contributed by atoms with Crippen LogP contribution in [0.4, 0.5) is 0 Å². The minimum Gasteiger partial charge on any atom is -0.465 e. The smallest absolute Gasteiger partial charge is 0.364 e. The molecule has 2 N–H and O–H groups in total. The van der Waals surface area contributed by atoms with E-state index in [2.05, 4.69) is 21.0 Å². The van der Waals surface area contributed by atoms with Gasteiger partial charge in [0.2, 0.25) is 5.89 Å². The van der Waals surface area contributed by atoms with E-state index < -0.39 is 12.1 Å². The Labute approximate surface area is 152 Å². The van der Waals surface area contributed by atoms with E-state index in [4.69, 9.17) is 21.4 Å². The van der Waals surface area contributed by atoms with Gasteiger partial charge in [0.15, 0.2) is 12.7 Å². The minimum absolute atomic E-state index is 0.225. The lowest BCUT2D eigenvalue weighted by Gasteiger charge is -2.18. The maximum Gasteiger partial charge on any atom is 0.364 e. The number of esters is 1. The Morgan fingerprint density at radius 2 is 2.42 bits per heavy atom. The number of benzene rings is 1. The summed E-state index contributed by atoms with van der Waals surface area (Å²) in [6.45, 7) is 0.758. The highest BCUT2D eigenvalue weighted by Crippen LogP contribution is 2.21. The van der Waals surface area contributed by atoms with Gasteiger partial charge in [-0.1, -0.05) is 22.0 Å². The number of carbonyl (C=O) groups is 1. The van der Waals surface area contributed by atoms with E-state index in [0.29, 0.717) is 25.5 Å². The summed E-state index contributed by atoms with van der Waals surface area (Å²) in [5, 5.41) is 14.3. The summed E-state index contributed by atoms with van der Waals surface area (Å²) < 4.78 is 12.8. The van der Waals surface area contributed by atoms with Gasteiger partial charge in [-0.3, -0.25) is 0 Å². The fourth-order valence-corrected chi connectivity index (χ4v) is 3.47. The van der Waals surface area contributed by atoms with Gasteiger partial charge >= 0.3 is 5.97 Å². The highest BCUT2D eigenvalue weighted by atomic mass is 79.9. The highest BCUT2D eigenvalue weighted by Gasteiger charge is 2.41. The van der Waals surface area contributed by atoms with E-state index in [1.807, 2.05) is 24.3 Å². The predicted octanol–water partition coefficient (Wildman–Crippen LogP) is 0.784. The molecule has 24 heavy (non-hydrogen) atoms. The van der Waals surface area contributed by atoms with Gasteiger partial charge in [-0.15, -0.1) is 5.10 Å². The molecule has 1 aromatic heterocycles. The molecule has 1 aliphatic heterocycles. The lowest BCUT2D eigenvalue weighted by Crippen LogP contribution is -3.14. The van der Waals surface area contributed by atoms with Gasteiger partial charge in [-0.25, -0.2) is 4.79 Å². The molecule has 1 saturated heterocycles. The molecule has 1 aliphatic rings. The molecule has 1 unspecified atom stereocenters. The lowest BCUT2D eigenvalue weighted by molar-refractivity contribution is -0.928. The monoisotopic (exact) mass is 414 g/mol. The van der Waals surface area contributed by atoms with Crippen LogP contribution in [0.25, 0.3) is 11.5 Å². The maximum atomic E-state index is 11.9. The number of ether oxygens (including phenoxy) is 1. The van der Waals surface area contributed by atoms with Crippen molar-refractivity contribution in [2.75, 3.05) is 13.7 Å². The Morgan fingerprint density at radius 3 is 3.12 bits per heavy atom. The first-order chi connectivity index (χ1) is 11.5. The summed E-state index contributed by atoms with van der Waals surface area (Å²) >= 11 is 8.64. The van der Waals surface area contributed by atoms with Crippen molar-refractivity contribution in [1.82, 2.24) is 9.78 Å². The molecule has 0 spiro atoms. The molecule has 0 amide bonds. The van der Waals surface area contributed by atoms with Crippen LogP contribution in [0.2, 0.25) is 0 Å². The van der Waals surface area contributed by atoms with Crippen molar-refractivity contribution in [2.45, 2.75) is 25.2 Å². The molecule has 1 fully saturated rings. The van der Waals surface area contributed by atoms with Gasteiger partial charge in [0.1, 0.15) is 12.6 Å². The second-order valence-corrected chi connectivity index (χ2v) is 6.93. The third kappa shape index (κ3) is 3.59. The molecule has 7 nitrogen and oxygen atoms in total. The van der Waals surface area contributed by atoms with Crippen molar-refractivity contribution in [3.8, 4) is 11.5 Å². The lowest BCUT2D eigenvalue weighted by atomic mass is 10.2. The molecule has 3 atom stereocenters. The van der Waals surface area contributed by atoms with Crippen molar-refractivity contribution in [1.29, 1.82) is 0 Å². The van der Waals surface area contributed by atoms with Crippen molar-refractivity contribution in [3.63, 3.8) is 0 Å². The van der Waals surface area contributed by atoms with Crippen molar-refractivity contribution >= 4 is 34.1 Å². The number of hydrogen-bond acceptors (Lipinski definition) is 6. The van der Waals surface area contributed by atoms with E-state index in [1.165, 1.54) is 11.8 Å². The van der Waals surface area contributed by atoms with E-state index in [9.17, 15) is 9.90 Å². The van der Waals surface area contributed by atoms with Gasteiger partial charge in [0.05, 0.1) is 7.11 Å². The molecule has 1 aromatic carbocycles. The van der Waals surface area contributed by atoms with Crippen LogP contribution in [0.5, 0.6) is 0 Å². The average molecular weight is 415 g/mol. The zero-order chi connectivity index (χ0) is 17.3. The van der Waals surface area contributed by atoms with Crippen molar-refractivity contribution in [2.24, 2.45) is 0 Å². The number of carbonyl (C=O) groups excluding carboxylic acids is 1. The predicted molar refractivity (Wildman–Crippen MR) is 90.7 cm³/mol. The fourth-order valence-electron chi connectivity index (χ4n) is 2.88. The molecule has 0 radical (unpaired) electrons. The van der Waals surface area contributed by atoms with Crippen LogP contribution in [0, 0.1) is 4.84 Å². The fraction of sp³-hybridized carbons (Fsp3) is 0.400. The Balaban J connectivity index is 1.83. The first-order valence-corrected chi connectivity index (χ1v) is 8.62. The number of quaternary nitrogens is 1. The van der Waals surface area contributed by atoms with Gasteiger partial charge < -0.3 is 19.2 Å². The summed E-state index contributed by atoms with van der Waals surface area (Å²) in [6, 6.07) is 7.12. The van der Waals surface area contributed by atoms with E-state index in [1.54, 1.807) is 0 Å². The van der Waals surface area contributed by atoms with Crippen LogP contribution in [-0.4, -0.2) is 46.7 Å². The number of aliphatic hydroxyl groups is 1. The molecule has 3 rings (SSSR count). The second kappa shape index (κ2) is 7.14. The molecule has 0 aliphatic carbocycles. The Bertz CT molecular complexity index is 806. The summed E-state index contributed by atoms with van der Waals surface area (Å²) in [4.78, 5) is 12.9. The number of nitrogens with zero attached hydrogens (tertiary/aromatic N) is 2. The van der Waals surface area contributed by atoms with Gasteiger partial charge in [-0.2, -0.15) is 4.68 Å². The summed E-state index contributed by atoms with van der Waals surface area (Å²) in [7, 11) is 1.35. The van der Waals surface area contributed by atoms with Gasteiger partial charge in [0, 0.05) is 16.5 Å². The van der Waals surface area contributed by atoms with Crippen LogP contribution in [-0.2, 0) is 16.2 Å². The Kier molecular flexibility index (Phi) is 5.14. The average Bonchev–Trinajstić information content (AvgIpc) is 3.10. The Morgan fingerprint density at radius 1 is 1.62 bits per heavy atom. The van der Waals surface area contributed by atoms with Crippen molar-refractivity contribution in [3.05, 3.63) is 33.6 Å². The van der Waals surface area contributed by atoms with Crippen LogP contribution < -0.4 is 4.90 Å². The summed E-state index contributed by atoms with van der Waals surface area (Å²) in [6.07, 6.45) is -0.180. The van der Waals surface area contributed by atoms with Crippen LogP contribution >= 0.6 is 28.1 Å². The first kappa shape index (κ1) is 17.3. The molecule has 0 saturated carbocycles. The number of hydrogen-bond donors (Lipinski definition) is 2. The van der Waals surface area contributed by atoms with Crippen LogP contribution in [0.3, 0.4) is 0 Å².